The first-order chi connectivity index (χ1) is 8.87. The number of hydrogen-bond donors (Lipinski definition) is 1. The van der Waals surface area contributed by atoms with Gasteiger partial charge in [0.15, 0.2) is 11.6 Å². The second-order valence-electron chi connectivity index (χ2n) is 6.10. The zero-order chi connectivity index (χ0) is 14.5. The Morgan fingerprint density at radius 1 is 1.32 bits per heavy atom. The van der Waals surface area contributed by atoms with Crippen LogP contribution in [0.5, 0.6) is 5.75 Å². The second-order valence-corrected chi connectivity index (χ2v) is 6.10. The summed E-state index contributed by atoms with van der Waals surface area (Å²) in [4.78, 5) is 0. The largest absolute Gasteiger partial charge is 0.494 e. The lowest BCUT2D eigenvalue weighted by molar-refractivity contribution is 0.332. The Morgan fingerprint density at radius 3 is 2.53 bits per heavy atom. The van der Waals surface area contributed by atoms with Crippen LogP contribution >= 0.6 is 0 Å². The highest BCUT2D eigenvalue weighted by molar-refractivity contribution is 5.32. The maximum Gasteiger partial charge on any atom is 0.165 e. The van der Waals surface area contributed by atoms with Crippen LogP contribution in [0.3, 0.4) is 0 Å². The Balaban J connectivity index is 2.86. The summed E-state index contributed by atoms with van der Waals surface area (Å²) in [5.41, 5.74) is 1.39. The van der Waals surface area contributed by atoms with Crippen LogP contribution in [-0.2, 0) is 0 Å². The molecule has 2 nitrogen and oxygen atoms in total. The summed E-state index contributed by atoms with van der Waals surface area (Å²) in [6, 6.07) is 5.37. The van der Waals surface area contributed by atoms with Crippen molar-refractivity contribution in [2.45, 2.75) is 46.6 Å². The van der Waals surface area contributed by atoms with Crippen molar-refractivity contribution in [3.05, 3.63) is 29.6 Å². The zero-order valence-corrected chi connectivity index (χ0v) is 12.7. The number of nitrogens with one attached hydrogen (secondary N) is 1. The van der Waals surface area contributed by atoms with Crippen molar-refractivity contribution < 1.29 is 9.13 Å². The van der Waals surface area contributed by atoms with Crippen molar-refractivity contribution in [2.24, 2.45) is 5.41 Å². The zero-order valence-electron chi connectivity index (χ0n) is 12.7. The van der Waals surface area contributed by atoms with E-state index >= 15 is 0 Å². The molecule has 0 saturated carbocycles. The lowest BCUT2D eigenvalue weighted by Gasteiger charge is -2.24. The Morgan fingerprint density at radius 2 is 2.00 bits per heavy atom. The van der Waals surface area contributed by atoms with Crippen LogP contribution < -0.4 is 10.1 Å². The molecule has 0 fully saturated rings. The molecule has 1 rings (SSSR count). The minimum atomic E-state index is -0.308. The van der Waals surface area contributed by atoms with Gasteiger partial charge in [0.2, 0.25) is 0 Å². The van der Waals surface area contributed by atoms with E-state index in [4.69, 9.17) is 4.74 Å². The van der Waals surface area contributed by atoms with Crippen LogP contribution in [0.25, 0.3) is 0 Å². The van der Waals surface area contributed by atoms with Crippen molar-refractivity contribution in [2.75, 3.05) is 13.7 Å². The average Bonchev–Trinajstić information content (AvgIpc) is 2.34. The number of ether oxygens (including phenoxy) is 1. The minimum Gasteiger partial charge on any atom is -0.494 e. The highest BCUT2D eigenvalue weighted by atomic mass is 19.1. The third-order valence-electron chi connectivity index (χ3n) is 3.21. The van der Waals surface area contributed by atoms with Crippen LogP contribution in [0.15, 0.2) is 18.2 Å². The molecule has 0 radical (unpaired) electrons. The molecular weight excluding hydrogens is 241 g/mol. The van der Waals surface area contributed by atoms with Crippen LogP contribution in [0.1, 0.15) is 52.1 Å². The fraction of sp³-hybridized carbons (Fsp3) is 0.625. The monoisotopic (exact) mass is 267 g/mol. The molecule has 0 aromatic heterocycles. The average molecular weight is 267 g/mol. The molecule has 0 aliphatic carbocycles. The summed E-state index contributed by atoms with van der Waals surface area (Å²) < 4.78 is 18.5. The number of hydrogen-bond acceptors (Lipinski definition) is 2. The van der Waals surface area contributed by atoms with Crippen molar-refractivity contribution in [1.82, 2.24) is 5.32 Å². The topological polar surface area (TPSA) is 21.3 Å². The van der Waals surface area contributed by atoms with Crippen molar-refractivity contribution >= 4 is 0 Å². The second kappa shape index (κ2) is 6.90. The maximum absolute atomic E-state index is 13.4. The molecule has 0 amide bonds. The number of rotatable bonds is 6. The first kappa shape index (κ1) is 16.0. The molecule has 1 aromatic rings. The predicted molar refractivity (Wildman–Crippen MR) is 78.1 cm³/mol. The van der Waals surface area contributed by atoms with E-state index in [2.05, 4.69) is 33.0 Å². The van der Waals surface area contributed by atoms with E-state index in [1.54, 1.807) is 6.07 Å². The summed E-state index contributed by atoms with van der Waals surface area (Å²) in [6.07, 6.45) is 2.15. The van der Waals surface area contributed by atoms with E-state index in [0.29, 0.717) is 11.2 Å². The molecule has 0 bridgehead atoms. The fourth-order valence-corrected chi connectivity index (χ4v) is 2.10. The molecular formula is C16H26FNO. The lowest BCUT2D eigenvalue weighted by Crippen LogP contribution is -2.22. The van der Waals surface area contributed by atoms with Gasteiger partial charge in [0.1, 0.15) is 0 Å². The predicted octanol–water partition coefficient (Wildman–Crippen LogP) is 4.31. The minimum absolute atomic E-state index is 0.249. The number of benzene rings is 1. The Bertz CT molecular complexity index is 398. The Labute approximate surface area is 116 Å². The van der Waals surface area contributed by atoms with E-state index in [0.717, 1.165) is 24.9 Å². The first-order valence-corrected chi connectivity index (χ1v) is 6.94. The molecule has 19 heavy (non-hydrogen) atoms. The molecule has 0 saturated heterocycles. The third kappa shape index (κ3) is 5.19. The highest BCUT2D eigenvalue weighted by Gasteiger charge is 2.17. The molecule has 108 valence electrons. The van der Waals surface area contributed by atoms with Gasteiger partial charge in [0, 0.05) is 6.04 Å². The Kier molecular flexibility index (Phi) is 5.80. The van der Waals surface area contributed by atoms with Gasteiger partial charge >= 0.3 is 0 Å². The highest BCUT2D eigenvalue weighted by Crippen LogP contribution is 2.29. The van der Waals surface area contributed by atoms with Gasteiger partial charge < -0.3 is 10.1 Å². The van der Waals surface area contributed by atoms with Crippen molar-refractivity contribution in [3.8, 4) is 5.75 Å². The summed E-state index contributed by atoms with van der Waals surface area (Å²) >= 11 is 0. The van der Waals surface area contributed by atoms with Gasteiger partial charge in [-0.05, 0) is 42.5 Å². The van der Waals surface area contributed by atoms with Gasteiger partial charge in [-0.3, -0.25) is 0 Å². The van der Waals surface area contributed by atoms with E-state index in [9.17, 15) is 4.39 Å². The molecule has 0 heterocycles. The smallest absolute Gasteiger partial charge is 0.165 e. The maximum atomic E-state index is 13.4. The molecule has 1 N–H and O–H groups in total. The first-order valence-electron chi connectivity index (χ1n) is 6.94. The van der Waals surface area contributed by atoms with Crippen LogP contribution in [0.4, 0.5) is 4.39 Å². The molecule has 3 heteroatoms. The van der Waals surface area contributed by atoms with Crippen LogP contribution in [0.2, 0.25) is 0 Å². The molecule has 1 aromatic carbocycles. The van der Waals surface area contributed by atoms with Crippen molar-refractivity contribution in [1.29, 1.82) is 0 Å². The molecule has 0 aliphatic heterocycles. The van der Waals surface area contributed by atoms with Gasteiger partial charge in [0.25, 0.3) is 0 Å². The van der Waals surface area contributed by atoms with Crippen LogP contribution in [-0.4, -0.2) is 13.7 Å². The summed E-state index contributed by atoms with van der Waals surface area (Å²) in [6.45, 7) is 9.70. The van der Waals surface area contributed by atoms with E-state index in [-0.39, 0.29) is 11.9 Å². The standard InChI is InChI=1S/C16H26FNO/c1-6-18-14(9-10-16(2,3)4)12-7-8-13(17)15(11-12)19-5/h7-8,11,14,18H,6,9-10H2,1-5H3. The van der Waals surface area contributed by atoms with Gasteiger partial charge in [0.05, 0.1) is 7.11 Å². The van der Waals surface area contributed by atoms with E-state index < -0.39 is 0 Å². The fourth-order valence-electron chi connectivity index (χ4n) is 2.10. The third-order valence-corrected chi connectivity index (χ3v) is 3.21. The quantitative estimate of drug-likeness (QED) is 0.829. The summed E-state index contributed by atoms with van der Waals surface area (Å²) in [7, 11) is 1.50. The summed E-state index contributed by atoms with van der Waals surface area (Å²) in [5.74, 6) is 0.00785. The van der Waals surface area contributed by atoms with Crippen LogP contribution in [0, 0.1) is 11.2 Å². The summed E-state index contributed by atoms with van der Waals surface area (Å²) in [5, 5.41) is 3.46. The van der Waals surface area contributed by atoms with E-state index in [1.807, 2.05) is 6.07 Å². The lowest BCUT2D eigenvalue weighted by atomic mass is 9.87. The van der Waals surface area contributed by atoms with Gasteiger partial charge in [-0.25, -0.2) is 4.39 Å². The molecule has 1 unspecified atom stereocenters. The molecule has 1 atom stereocenters. The SMILES string of the molecule is CCNC(CCC(C)(C)C)c1ccc(F)c(OC)c1. The normalized spacial score (nSPS) is 13.4. The number of methoxy groups -OCH3 is 1. The van der Waals surface area contributed by atoms with Gasteiger partial charge in [-0.2, -0.15) is 0 Å². The van der Waals surface area contributed by atoms with Gasteiger partial charge in [-0.15, -0.1) is 0 Å². The Hall–Kier alpha value is -1.09. The molecule has 0 aliphatic rings. The van der Waals surface area contributed by atoms with Crippen molar-refractivity contribution in [3.63, 3.8) is 0 Å². The van der Waals surface area contributed by atoms with E-state index in [1.165, 1.54) is 13.2 Å². The molecule has 0 spiro atoms. The number of halogens is 1. The van der Waals surface area contributed by atoms with Gasteiger partial charge in [-0.1, -0.05) is 33.8 Å².